The van der Waals surface area contributed by atoms with E-state index in [2.05, 4.69) is 5.32 Å². The SMILES string of the molecule is COc1cc(NCCOC(C)(C)C)cc(OC)c1. The van der Waals surface area contributed by atoms with Crippen molar-refractivity contribution in [3.05, 3.63) is 18.2 Å². The third kappa shape index (κ3) is 5.27. The first-order valence-electron chi connectivity index (χ1n) is 6.05. The average Bonchev–Trinajstić information content (AvgIpc) is 2.33. The van der Waals surface area contributed by atoms with E-state index in [4.69, 9.17) is 14.2 Å². The molecule has 1 aromatic carbocycles. The normalized spacial score (nSPS) is 11.2. The van der Waals surface area contributed by atoms with Gasteiger partial charge in [-0.15, -0.1) is 0 Å². The lowest BCUT2D eigenvalue weighted by Gasteiger charge is -2.20. The molecule has 102 valence electrons. The molecule has 0 heterocycles. The number of rotatable bonds is 6. The number of ether oxygens (including phenoxy) is 3. The van der Waals surface area contributed by atoms with Crippen LogP contribution in [0, 0.1) is 0 Å². The summed E-state index contributed by atoms with van der Waals surface area (Å²) < 4.78 is 16.1. The second-order valence-electron chi connectivity index (χ2n) is 4.99. The molecule has 1 N–H and O–H groups in total. The minimum absolute atomic E-state index is 0.103. The van der Waals surface area contributed by atoms with Crippen LogP contribution in [0.3, 0.4) is 0 Å². The Kier molecular flexibility index (Phi) is 5.28. The highest BCUT2D eigenvalue weighted by Gasteiger charge is 2.09. The van der Waals surface area contributed by atoms with E-state index >= 15 is 0 Å². The van der Waals surface area contributed by atoms with Crippen LogP contribution in [-0.4, -0.2) is 33.0 Å². The molecule has 0 aliphatic carbocycles. The summed E-state index contributed by atoms with van der Waals surface area (Å²) in [7, 11) is 3.28. The molecular weight excluding hydrogens is 230 g/mol. The van der Waals surface area contributed by atoms with Gasteiger partial charge in [0.2, 0.25) is 0 Å². The van der Waals surface area contributed by atoms with E-state index in [1.54, 1.807) is 14.2 Å². The Labute approximate surface area is 109 Å². The first kappa shape index (κ1) is 14.6. The van der Waals surface area contributed by atoms with Gasteiger partial charge in [0.05, 0.1) is 26.4 Å². The second-order valence-corrected chi connectivity index (χ2v) is 4.99. The van der Waals surface area contributed by atoms with Crippen LogP contribution in [0.4, 0.5) is 5.69 Å². The lowest BCUT2D eigenvalue weighted by atomic mass is 10.2. The molecule has 4 heteroatoms. The fraction of sp³-hybridized carbons (Fsp3) is 0.571. The molecule has 0 aromatic heterocycles. The van der Waals surface area contributed by atoms with Gasteiger partial charge >= 0.3 is 0 Å². The smallest absolute Gasteiger partial charge is 0.124 e. The van der Waals surface area contributed by atoms with Crippen LogP contribution in [-0.2, 0) is 4.74 Å². The summed E-state index contributed by atoms with van der Waals surface area (Å²) >= 11 is 0. The Morgan fingerprint density at radius 2 is 1.56 bits per heavy atom. The highest BCUT2D eigenvalue weighted by Crippen LogP contribution is 2.25. The van der Waals surface area contributed by atoms with Crippen molar-refractivity contribution >= 4 is 5.69 Å². The van der Waals surface area contributed by atoms with Gasteiger partial charge in [-0.2, -0.15) is 0 Å². The van der Waals surface area contributed by atoms with Crippen molar-refractivity contribution in [2.75, 3.05) is 32.7 Å². The minimum atomic E-state index is -0.103. The maximum absolute atomic E-state index is 5.64. The van der Waals surface area contributed by atoms with Gasteiger partial charge in [-0.3, -0.25) is 0 Å². The summed E-state index contributed by atoms with van der Waals surface area (Å²) in [5.74, 6) is 1.54. The van der Waals surface area contributed by atoms with Crippen molar-refractivity contribution in [1.82, 2.24) is 0 Å². The molecule has 0 saturated heterocycles. The lowest BCUT2D eigenvalue weighted by Crippen LogP contribution is -2.23. The summed E-state index contributed by atoms with van der Waals surface area (Å²) in [5, 5.41) is 3.28. The highest BCUT2D eigenvalue weighted by atomic mass is 16.5. The van der Waals surface area contributed by atoms with E-state index in [0.717, 1.165) is 23.7 Å². The van der Waals surface area contributed by atoms with E-state index in [1.807, 2.05) is 39.0 Å². The number of hydrogen-bond acceptors (Lipinski definition) is 4. The largest absolute Gasteiger partial charge is 0.497 e. The predicted molar refractivity (Wildman–Crippen MR) is 73.7 cm³/mol. The summed E-state index contributed by atoms with van der Waals surface area (Å²) in [6.45, 7) is 7.53. The zero-order valence-corrected chi connectivity index (χ0v) is 11.9. The van der Waals surface area contributed by atoms with Gasteiger partial charge in [-0.25, -0.2) is 0 Å². The quantitative estimate of drug-likeness (QED) is 0.791. The Morgan fingerprint density at radius 1 is 1.00 bits per heavy atom. The van der Waals surface area contributed by atoms with Gasteiger partial charge in [0.25, 0.3) is 0 Å². The van der Waals surface area contributed by atoms with E-state index in [1.165, 1.54) is 0 Å². The van der Waals surface area contributed by atoms with Gasteiger partial charge in [0, 0.05) is 30.4 Å². The standard InChI is InChI=1S/C14H23NO3/c1-14(2,3)18-7-6-15-11-8-12(16-4)10-13(9-11)17-5/h8-10,15H,6-7H2,1-5H3. The van der Waals surface area contributed by atoms with Crippen LogP contribution in [0.15, 0.2) is 18.2 Å². The van der Waals surface area contributed by atoms with Gasteiger partial charge in [-0.1, -0.05) is 0 Å². The molecule has 0 fully saturated rings. The molecular formula is C14H23NO3. The first-order chi connectivity index (χ1) is 8.44. The van der Waals surface area contributed by atoms with Crippen molar-refractivity contribution in [3.8, 4) is 11.5 Å². The lowest BCUT2D eigenvalue weighted by molar-refractivity contribution is 0.00333. The van der Waals surface area contributed by atoms with Crippen LogP contribution in [0.2, 0.25) is 0 Å². The number of methoxy groups -OCH3 is 2. The van der Waals surface area contributed by atoms with E-state index < -0.39 is 0 Å². The van der Waals surface area contributed by atoms with Crippen LogP contribution < -0.4 is 14.8 Å². The third-order valence-electron chi connectivity index (χ3n) is 2.32. The number of nitrogens with one attached hydrogen (secondary N) is 1. The molecule has 0 bridgehead atoms. The van der Waals surface area contributed by atoms with Crippen molar-refractivity contribution in [1.29, 1.82) is 0 Å². The maximum atomic E-state index is 5.64. The van der Waals surface area contributed by atoms with Crippen LogP contribution in [0.5, 0.6) is 11.5 Å². The Morgan fingerprint density at radius 3 is 2.00 bits per heavy atom. The van der Waals surface area contributed by atoms with Gasteiger partial charge in [-0.05, 0) is 20.8 Å². The first-order valence-corrected chi connectivity index (χ1v) is 6.05. The van der Waals surface area contributed by atoms with Crippen molar-refractivity contribution in [3.63, 3.8) is 0 Å². The van der Waals surface area contributed by atoms with Crippen molar-refractivity contribution in [2.24, 2.45) is 0 Å². The Balaban J connectivity index is 2.51. The van der Waals surface area contributed by atoms with Crippen molar-refractivity contribution < 1.29 is 14.2 Å². The molecule has 0 radical (unpaired) electrons. The molecule has 0 spiro atoms. The molecule has 0 unspecified atom stereocenters. The second kappa shape index (κ2) is 6.50. The van der Waals surface area contributed by atoms with Gasteiger partial charge in [0.15, 0.2) is 0 Å². The van der Waals surface area contributed by atoms with Crippen LogP contribution in [0.25, 0.3) is 0 Å². The number of anilines is 1. The molecule has 0 atom stereocenters. The Hall–Kier alpha value is -1.42. The maximum Gasteiger partial charge on any atom is 0.124 e. The third-order valence-corrected chi connectivity index (χ3v) is 2.32. The molecule has 18 heavy (non-hydrogen) atoms. The van der Waals surface area contributed by atoms with Gasteiger partial charge < -0.3 is 19.5 Å². The number of hydrogen-bond donors (Lipinski definition) is 1. The fourth-order valence-corrected chi connectivity index (χ4v) is 1.46. The van der Waals surface area contributed by atoms with E-state index in [9.17, 15) is 0 Å². The van der Waals surface area contributed by atoms with Gasteiger partial charge in [0.1, 0.15) is 11.5 Å². The molecule has 0 aliphatic heterocycles. The molecule has 0 saturated carbocycles. The summed E-state index contributed by atoms with van der Waals surface area (Å²) in [6, 6.07) is 5.70. The van der Waals surface area contributed by atoms with E-state index in [0.29, 0.717) is 6.61 Å². The summed E-state index contributed by atoms with van der Waals surface area (Å²) in [6.07, 6.45) is 0. The summed E-state index contributed by atoms with van der Waals surface area (Å²) in [5.41, 5.74) is 0.858. The number of benzene rings is 1. The zero-order chi connectivity index (χ0) is 13.6. The molecule has 1 rings (SSSR count). The van der Waals surface area contributed by atoms with E-state index in [-0.39, 0.29) is 5.60 Å². The highest BCUT2D eigenvalue weighted by molar-refractivity contribution is 5.53. The minimum Gasteiger partial charge on any atom is -0.497 e. The van der Waals surface area contributed by atoms with Crippen molar-refractivity contribution in [2.45, 2.75) is 26.4 Å². The summed E-state index contributed by atoms with van der Waals surface area (Å²) in [4.78, 5) is 0. The molecule has 0 amide bonds. The average molecular weight is 253 g/mol. The molecule has 0 aliphatic rings. The fourth-order valence-electron chi connectivity index (χ4n) is 1.46. The van der Waals surface area contributed by atoms with Crippen LogP contribution >= 0.6 is 0 Å². The monoisotopic (exact) mass is 253 g/mol. The molecule has 1 aromatic rings. The zero-order valence-electron chi connectivity index (χ0n) is 11.9. The topological polar surface area (TPSA) is 39.7 Å². The Bertz CT molecular complexity index is 350. The molecule has 4 nitrogen and oxygen atoms in total. The predicted octanol–water partition coefficient (Wildman–Crippen LogP) is 2.93. The van der Waals surface area contributed by atoms with Crippen LogP contribution in [0.1, 0.15) is 20.8 Å².